The van der Waals surface area contributed by atoms with Crippen LogP contribution in [0.2, 0.25) is 0 Å². The van der Waals surface area contributed by atoms with Gasteiger partial charge in [-0.05, 0) is 112 Å². The van der Waals surface area contributed by atoms with Gasteiger partial charge in [0.25, 0.3) is 0 Å². The van der Waals surface area contributed by atoms with Gasteiger partial charge in [0, 0.05) is 5.70 Å². The number of esters is 1. The van der Waals surface area contributed by atoms with E-state index in [2.05, 4.69) is 66.3 Å². The molecule has 0 fully saturated rings. The monoisotopic (exact) mass is 844 g/mol. The maximum absolute atomic E-state index is 13.5. The van der Waals surface area contributed by atoms with Crippen LogP contribution in [0.3, 0.4) is 0 Å². The minimum Gasteiger partial charge on any atom is -0.490 e. The fraction of sp³-hybridized carbons (Fsp3) is 0.258. The molecule has 0 unspecified atom stereocenters. The molecule has 14 heteroatoms. The van der Waals surface area contributed by atoms with E-state index in [1.807, 2.05) is 19.1 Å². The molecule has 0 spiro atoms. The fourth-order valence-corrected chi connectivity index (χ4v) is 6.52. The quantitative estimate of drug-likeness (QED) is 0.0611. The number of nitrogens with zero attached hydrogens (tertiary/aromatic N) is 1. The molecule has 0 aliphatic carbocycles. The number of methoxy groups -OCH3 is 1. The van der Waals surface area contributed by atoms with Crippen molar-refractivity contribution in [3.8, 4) is 17.2 Å². The predicted octanol–water partition coefficient (Wildman–Crippen LogP) is 5.13. The van der Waals surface area contributed by atoms with Crippen LogP contribution in [0.4, 0.5) is 9.18 Å². The molecule has 0 saturated heterocycles. The number of rotatable bonds is 13. The second kappa shape index (κ2) is 16.1. The molecular formula is C31H31FI2N4O7. The summed E-state index contributed by atoms with van der Waals surface area (Å²) in [5.74, 6) is 0.512. The van der Waals surface area contributed by atoms with Crippen molar-refractivity contribution in [2.24, 2.45) is 5.10 Å². The Hall–Kier alpha value is -3.64. The average molecular weight is 844 g/mol. The van der Waals surface area contributed by atoms with Crippen molar-refractivity contribution in [1.82, 2.24) is 16.1 Å². The molecule has 3 aromatic carbocycles. The lowest BCUT2D eigenvalue weighted by molar-refractivity contribution is -0.136. The maximum atomic E-state index is 13.5. The van der Waals surface area contributed by atoms with Crippen molar-refractivity contribution < 1.29 is 38.0 Å². The molecule has 1 heterocycles. The Bertz CT molecular complexity index is 1600. The molecule has 4 rings (SSSR count). The number of carbonyl (C=O) groups is 2. The number of hydrogen-bond acceptors (Lipinski definition) is 9. The lowest BCUT2D eigenvalue weighted by Crippen LogP contribution is -2.45. The van der Waals surface area contributed by atoms with Crippen LogP contribution >= 0.6 is 45.2 Å². The number of urea groups is 1. The normalized spacial score (nSPS) is 15.3. The minimum atomic E-state index is -1.15. The number of nitrogens with one attached hydrogen (secondary N) is 3. The highest BCUT2D eigenvalue weighted by Gasteiger charge is 2.32. The van der Waals surface area contributed by atoms with Crippen LogP contribution in [0.1, 0.15) is 36.6 Å². The fourth-order valence-electron chi connectivity index (χ4n) is 4.39. The first-order chi connectivity index (χ1) is 21.6. The largest absolute Gasteiger partial charge is 0.490 e. The first kappa shape index (κ1) is 34.2. The first-order valence-electron chi connectivity index (χ1n) is 13.7. The Morgan fingerprint density at radius 1 is 1.11 bits per heavy atom. The Morgan fingerprint density at radius 3 is 2.56 bits per heavy atom. The standard InChI is InChI=1S/C31H31FI2N4O7/c1-4-43-25-13-20(28-27(30(40)42-3)17(2)36-31(41)37-28)8-9-24(25)44-16-26(39)38-35-14-19-11-22(33)29(23(34)12-19)45-15-18-6-5-7-21(32)10-18/h5-14,26,28,38-39H,4,15-16H2,1-3H3,(H2,36,37,41)/b35-14-/t26-,28+/m0/s1. The Kier molecular flexibility index (Phi) is 12.2. The Labute approximate surface area is 286 Å². The lowest BCUT2D eigenvalue weighted by Gasteiger charge is -2.28. The second-order valence-electron chi connectivity index (χ2n) is 9.65. The number of carbonyl (C=O) groups excluding carboxylic acids is 2. The van der Waals surface area contributed by atoms with Crippen molar-refractivity contribution in [1.29, 1.82) is 0 Å². The van der Waals surface area contributed by atoms with E-state index >= 15 is 0 Å². The van der Waals surface area contributed by atoms with E-state index in [1.165, 1.54) is 19.2 Å². The maximum Gasteiger partial charge on any atom is 0.337 e. The van der Waals surface area contributed by atoms with Gasteiger partial charge in [-0.3, -0.25) is 5.43 Å². The Balaban J connectivity index is 1.37. The Morgan fingerprint density at radius 2 is 1.87 bits per heavy atom. The number of hydrogen-bond donors (Lipinski definition) is 4. The van der Waals surface area contributed by atoms with Crippen molar-refractivity contribution in [3.63, 3.8) is 0 Å². The number of aliphatic hydroxyl groups is 1. The number of benzene rings is 3. The van der Waals surface area contributed by atoms with Gasteiger partial charge in [-0.2, -0.15) is 5.10 Å². The summed E-state index contributed by atoms with van der Waals surface area (Å²) in [6, 6.07) is 13.8. The van der Waals surface area contributed by atoms with Gasteiger partial charge in [-0.15, -0.1) is 0 Å². The molecule has 1 aliphatic heterocycles. The zero-order valence-corrected chi connectivity index (χ0v) is 28.8. The predicted molar refractivity (Wildman–Crippen MR) is 182 cm³/mol. The third kappa shape index (κ3) is 9.20. The van der Waals surface area contributed by atoms with E-state index in [1.54, 1.807) is 43.5 Å². The summed E-state index contributed by atoms with van der Waals surface area (Å²) < 4.78 is 37.6. The van der Waals surface area contributed by atoms with Gasteiger partial charge in [0.2, 0.25) is 0 Å². The average Bonchev–Trinajstić information content (AvgIpc) is 2.99. The number of amides is 2. The van der Waals surface area contributed by atoms with Crippen molar-refractivity contribution in [3.05, 3.63) is 95.5 Å². The van der Waals surface area contributed by atoms with Gasteiger partial charge in [-0.25, -0.2) is 14.0 Å². The third-order valence-electron chi connectivity index (χ3n) is 6.40. The van der Waals surface area contributed by atoms with Crippen molar-refractivity contribution in [2.75, 3.05) is 20.3 Å². The van der Waals surface area contributed by atoms with E-state index in [4.69, 9.17) is 18.9 Å². The van der Waals surface area contributed by atoms with Gasteiger partial charge in [-0.1, -0.05) is 18.2 Å². The summed E-state index contributed by atoms with van der Waals surface area (Å²) in [4.78, 5) is 24.6. The molecule has 0 aromatic heterocycles. The molecule has 11 nitrogen and oxygen atoms in total. The topological polar surface area (TPSA) is 140 Å². The summed E-state index contributed by atoms with van der Waals surface area (Å²) in [7, 11) is 1.27. The highest BCUT2D eigenvalue weighted by molar-refractivity contribution is 14.1. The molecule has 45 heavy (non-hydrogen) atoms. The molecule has 238 valence electrons. The lowest BCUT2D eigenvalue weighted by atomic mass is 9.95. The van der Waals surface area contributed by atoms with Crippen LogP contribution in [-0.2, 0) is 16.1 Å². The van der Waals surface area contributed by atoms with Crippen LogP contribution in [0, 0.1) is 13.0 Å². The summed E-state index contributed by atoms with van der Waals surface area (Å²) in [5, 5.41) is 19.9. The zero-order valence-electron chi connectivity index (χ0n) is 24.5. The second-order valence-corrected chi connectivity index (χ2v) is 12.0. The number of allylic oxidation sites excluding steroid dienone is 1. The SMILES string of the molecule is CCOc1cc([C@H]2NC(=O)NC(C)=C2C(=O)OC)ccc1OC[C@H](O)N/N=C\c1cc(I)c(OCc2cccc(F)c2)c(I)c1. The van der Waals surface area contributed by atoms with E-state index in [9.17, 15) is 19.1 Å². The van der Waals surface area contributed by atoms with E-state index in [0.29, 0.717) is 35.1 Å². The molecule has 1 aliphatic rings. The smallest absolute Gasteiger partial charge is 0.337 e. The van der Waals surface area contributed by atoms with E-state index < -0.39 is 24.3 Å². The molecule has 4 N–H and O–H groups in total. The summed E-state index contributed by atoms with van der Waals surface area (Å²) >= 11 is 4.33. The van der Waals surface area contributed by atoms with Crippen LogP contribution < -0.4 is 30.3 Å². The van der Waals surface area contributed by atoms with Gasteiger partial charge in [0.15, 0.2) is 17.7 Å². The van der Waals surface area contributed by atoms with Crippen molar-refractivity contribution >= 4 is 63.4 Å². The van der Waals surface area contributed by atoms with Crippen LogP contribution in [0.5, 0.6) is 17.2 Å². The van der Waals surface area contributed by atoms with Gasteiger partial charge in [0.05, 0.1) is 38.7 Å². The number of ether oxygens (including phenoxy) is 4. The van der Waals surface area contributed by atoms with Gasteiger partial charge < -0.3 is 34.7 Å². The number of hydrazone groups is 1. The minimum absolute atomic E-state index is 0.158. The van der Waals surface area contributed by atoms with E-state index in [-0.39, 0.29) is 24.6 Å². The number of halogens is 3. The molecule has 2 amide bonds. The first-order valence-corrected chi connectivity index (χ1v) is 15.8. The summed E-state index contributed by atoms with van der Waals surface area (Å²) in [6.07, 6.45) is 0.411. The summed E-state index contributed by atoms with van der Waals surface area (Å²) in [5.41, 5.74) is 5.37. The van der Waals surface area contributed by atoms with Crippen LogP contribution in [-0.4, -0.2) is 49.9 Å². The molecule has 0 bridgehead atoms. The molecular weight excluding hydrogens is 813 g/mol. The van der Waals surface area contributed by atoms with Crippen molar-refractivity contribution in [2.45, 2.75) is 32.7 Å². The molecule has 3 aromatic rings. The van der Waals surface area contributed by atoms with Crippen LogP contribution in [0.15, 0.2) is 71.0 Å². The highest BCUT2D eigenvalue weighted by Crippen LogP contribution is 2.35. The molecule has 2 atom stereocenters. The number of aliphatic hydroxyl groups excluding tert-OH is 1. The molecule has 0 saturated carbocycles. The molecule has 0 radical (unpaired) electrons. The third-order valence-corrected chi connectivity index (χ3v) is 8.00. The van der Waals surface area contributed by atoms with Gasteiger partial charge in [0.1, 0.15) is 24.8 Å². The summed E-state index contributed by atoms with van der Waals surface area (Å²) in [6.45, 7) is 3.84. The van der Waals surface area contributed by atoms with Crippen LogP contribution in [0.25, 0.3) is 0 Å². The van der Waals surface area contributed by atoms with Gasteiger partial charge >= 0.3 is 12.0 Å². The highest BCUT2D eigenvalue weighted by atomic mass is 127. The zero-order chi connectivity index (χ0) is 32.5. The van der Waals surface area contributed by atoms with E-state index in [0.717, 1.165) is 18.3 Å².